The van der Waals surface area contributed by atoms with Gasteiger partial charge in [-0.05, 0) is 37.1 Å². The van der Waals surface area contributed by atoms with E-state index in [2.05, 4.69) is 17.0 Å². The third-order valence-electron chi connectivity index (χ3n) is 3.92. The third kappa shape index (κ3) is 4.23. The molecule has 0 bridgehead atoms. The predicted octanol–water partition coefficient (Wildman–Crippen LogP) is 1.79. The van der Waals surface area contributed by atoms with Gasteiger partial charge in [-0.2, -0.15) is 0 Å². The van der Waals surface area contributed by atoms with Gasteiger partial charge in [0.05, 0.1) is 7.11 Å². The van der Waals surface area contributed by atoms with Crippen LogP contribution in [-0.2, 0) is 11.2 Å². The van der Waals surface area contributed by atoms with Gasteiger partial charge in [-0.1, -0.05) is 12.1 Å². The second-order valence-corrected chi connectivity index (χ2v) is 5.30. The molecule has 1 aromatic carbocycles. The number of nitrogens with zero attached hydrogens (tertiary/aromatic N) is 2. The van der Waals surface area contributed by atoms with Crippen LogP contribution >= 0.6 is 0 Å². The van der Waals surface area contributed by atoms with Gasteiger partial charge >= 0.3 is 0 Å². The lowest BCUT2D eigenvalue weighted by atomic mass is 10.1. The summed E-state index contributed by atoms with van der Waals surface area (Å²) in [5.74, 6) is 1.11. The van der Waals surface area contributed by atoms with Crippen molar-refractivity contribution < 1.29 is 9.53 Å². The van der Waals surface area contributed by atoms with Gasteiger partial charge in [0, 0.05) is 33.1 Å². The summed E-state index contributed by atoms with van der Waals surface area (Å²) in [6.07, 6.45) is 2.25. The van der Waals surface area contributed by atoms with E-state index in [1.165, 1.54) is 5.56 Å². The highest BCUT2D eigenvalue weighted by atomic mass is 16.5. The standard InChI is InChI=1S/C16H24N2O2/c1-14(19)18-12-10-17(11-13-18)9-3-4-15-5-7-16(20-2)8-6-15/h5-8H,3-4,9-13H2,1-2H3. The molecule has 0 unspecified atom stereocenters. The number of piperazine rings is 1. The molecule has 0 aliphatic carbocycles. The van der Waals surface area contributed by atoms with Gasteiger partial charge < -0.3 is 9.64 Å². The van der Waals surface area contributed by atoms with Crippen LogP contribution < -0.4 is 4.74 Å². The van der Waals surface area contributed by atoms with Gasteiger partial charge in [0.1, 0.15) is 5.75 Å². The SMILES string of the molecule is COc1ccc(CCCN2CCN(C(C)=O)CC2)cc1. The Hall–Kier alpha value is -1.55. The Balaban J connectivity index is 1.67. The van der Waals surface area contributed by atoms with E-state index >= 15 is 0 Å². The zero-order valence-corrected chi connectivity index (χ0v) is 12.5. The molecular formula is C16H24N2O2. The lowest BCUT2D eigenvalue weighted by Crippen LogP contribution is -2.48. The van der Waals surface area contributed by atoms with Crippen molar-refractivity contribution >= 4 is 5.91 Å². The van der Waals surface area contributed by atoms with E-state index in [0.29, 0.717) is 0 Å². The average molecular weight is 276 g/mol. The number of benzene rings is 1. The van der Waals surface area contributed by atoms with E-state index in [-0.39, 0.29) is 5.91 Å². The Morgan fingerprint density at radius 3 is 2.35 bits per heavy atom. The fourth-order valence-electron chi connectivity index (χ4n) is 2.59. The highest BCUT2D eigenvalue weighted by Gasteiger charge is 2.17. The molecule has 4 nitrogen and oxygen atoms in total. The van der Waals surface area contributed by atoms with Gasteiger partial charge in [0.25, 0.3) is 0 Å². The van der Waals surface area contributed by atoms with Gasteiger partial charge in [0.2, 0.25) is 5.91 Å². The summed E-state index contributed by atoms with van der Waals surface area (Å²) in [5, 5.41) is 0. The molecule has 0 spiro atoms. The summed E-state index contributed by atoms with van der Waals surface area (Å²) in [6.45, 7) is 6.51. The van der Waals surface area contributed by atoms with Crippen LogP contribution in [0.25, 0.3) is 0 Å². The molecule has 0 N–H and O–H groups in total. The molecule has 110 valence electrons. The molecule has 1 aliphatic rings. The van der Waals surface area contributed by atoms with Crippen molar-refractivity contribution in [2.24, 2.45) is 0 Å². The van der Waals surface area contributed by atoms with E-state index in [9.17, 15) is 4.79 Å². The topological polar surface area (TPSA) is 32.8 Å². The molecule has 1 aromatic rings. The number of carbonyl (C=O) groups is 1. The molecule has 0 saturated carbocycles. The molecule has 2 rings (SSSR count). The smallest absolute Gasteiger partial charge is 0.219 e. The molecule has 1 aliphatic heterocycles. The predicted molar refractivity (Wildman–Crippen MR) is 80.0 cm³/mol. The Kier molecular flexibility index (Phi) is 5.41. The number of rotatable bonds is 5. The first-order valence-corrected chi connectivity index (χ1v) is 7.30. The van der Waals surface area contributed by atoms with Gasteiger partial charge in [-0.3, -0.25) is 9.69 Å². The first-order valence-electron chi connectivity index (χ1n) is 7.30. The number of amides is 1. The lowest BCUT2D eigenvalue weighted by Gasteiger charge is -2.34. The minimum Gasteiger partial charge on any atom is -0.497 e. The van der Waals surface area contributed by atoms with Crippen LogP contribution in [0.15, 0.2) is 24.3 Å². The summed E-state index contributed by atoms with van der Waals surface area (Å²) in [5.41, 5.74) is 1.35. The van der Waals surface area contributed by atoms with Crippen LogP contribution in [-0.4, -0.2) is 55.5 Å². The monoisotopic (exact) mass is 276 g/mol. The van der Waals surface area contributed by atoms with Gasteiger partial charge in [0.15, 0.2) is 0 Å². The van der Waals surface area contributed by atoms with Crippen molar-refractivity contribution in [2.75, 3.05) is 39.8 Å². The van der Waals surface area contributed by atoms with Crippen LogP contribution in [0.1, 0.15) is 18.9 Å². The van der Waals surface area contributed by atoms with Crippen LogP contribution in [0.5, 0.6) is 5.75 Å². The molecule has 1 amide bonds. The highest BCUT2D eigenvalue weighted by Crippen LogP contribution is 2.13. The van der Waals surface area contributed by atoms with Crippen LogP contribution in [0, 0.1) is 0 Å². The molecule has 0 aromatic heterocycles. The number of hydrogen-bond acceptors (Lipinski definition) is 3. The van der Waals surface area contributed by atoms with E-state index in [0.717, 1.165) is 51.3 Å². The first kappa shape index (κ1) is 14.9. The largest absolute Gasteiger partial charge is 0.497 e. The molecule has 1 saturated heterocycles. The number of carbonyl (C=O) groups excluding carboxylic acids is 1. The maximum absolute atomic E-state index is 11.3. The van der Waals surface area contributed by atoms with E-state index in [4.69, 9.17) is 4.74 Å². The molecular weight excluding hydrogens is 252 g/mol. The molecule has 1 fully saturated rings. The second kappa shape index (κ2) is 7.29. The van der Waals surface area contributed by atoms with Crippen LogP contribution in [0.2, 0.25) is 0 Å². The minimum absolute atomic E-state index is 0.197. The maximum atomic E-state index is 11.3. The summed E-state index contributed by atoms with van der Waals surface area (Å²) >= 11 is 0. The van der Waals surface area contributed by atoms with Gasteiger partial charge in [-0.25, -0.2) is 0 Å². The third-order valence-corrected chi connectivity index (χ3v) is 3.92. The zero-order valence-electron chi connectivity index (χ0n) is 12.5. The van der Waals surface area contributed by atoms with E-state index < -0.39 is 0 Å². The average Bonchev–Trinajstić information content (AvgIpc) is 2.48. The summed E-state index contributed by atoms with van der Waals surface area (Å²) in [4.78, 5) is 15.6. The highest BCUT2D eigenvalue weighted by molar-refractivity contribution is 5.73. The quantitative estimate of drug-likeness (QED) is 0.822. The molecule has 1 heterocycles. The van der Waals surface area contributed by atoms with Gasteiger partial charge in [-0.15, -0.1) is 0 Å². The zero-order chi connectivity index (χ0) is 14.4. The van der Waals surface area contributed by atoms with Crippen molar-refractivity contribution in [3.8, 4) is 5.75 Å². The van der Waals surface area contributed by atoms with E-state index in [1.54, 1.807) is 14.0 Å². The van der Waals surface area contributed by atoms with Crippen molar-refractivity contribution in [3.63, 3.8) is 0 Å². The lowest BCUT2D eigenvalue weighted by molar-refractivity contribution is -0.130. The summed E-state index contributed by atoms with van der Waals surface area (Å²) in [7, 11) is 1.69. The van der Waals surface area contributed by atoms with Crippen molar-refractivity contribution in [3.05, 3.63) is 29.8 Å². The number of ether oxygens (including phenoxy) is 1. The molecule has 0 radical (unpaired) electrons. The number of aryl methyl sites for hydroxylation is 1. The summed E-state index contributed by atoms with van der Waals surface area (Å²) < 4.78 is 5.16. The first-order chi connectivity index (χ1) is 9.69. The van der Waals surface area contributed by atoms with Crippen LogP contribution in [0.4, 0.5) is 0 Å². The number of methoxy groups -OCH3 is 1. The van der Waals surface area contributed by atoms with Crippen molar-refractivity contribution in [2.45, 2.75) is 19.8 Å². The van der Waals surface area contributed by atoms with Crippen LogP contribution in [0.3, 0.4) is 0 Å². The second-order valence-electron chi connectivity index (χ2n) is 5.30. The Morgan fingerprint density at radius 1 is 1.15 bits per heavy atom. The molecule has 4 heteroatoms. The number of hydrogen-bond donors (Lipinski definition) is 0. The normalized spacial score (nSPS) is 16.2. The Morgan fingerprint density at radius 2 is 1.80 bits per heavy atom. The fraction of sp³-hybridized carbons (Fsp3) is 0.562. The van der Waals surface area contributed by atoms with Crippen molar-refractivity contribution in [1.29, 1.82) is 0 Å². The molecule has 0 atom stereocenters. The molecule has 20 heavy (non-hydrogen) atoms. The Labute approximate surface area is 121 Å². The maximum Gasteiger partial charge on any atom is 0.219 e. The minimum atomic E-state index is 0.197. The Bertz CT molecular complexity index is 423. The van der Waals surface area contributed by atoms with Crippen molar-refractivity contribution in [1.82, 2.24) is 9.80 Å². The summed E-state index contributed by atoms with van der Waals surface area (Å²) in [6, 6.07) is 8.29. The van der Waals surface area contributed by atoms with E-state index in [1.807, 2.05) is 17.0 Å². The fourth-order valence-corrected chi connectivity index (χ4v) is 2.59.